The lowest BCUT2D eigenvalue weighted by Crippen LogP contribution is -2.62. The molecule has 1 fully saturated rings. The van der Waals surface area contributed by atoms with Gasteiger partial charge in [0.15, 0.2) is 6.29 Å². The van der Waals surface area contributed by atoms with Crippen LogP contribution in [0.2, 0.25) is 0 Å². The van der Waals surface area contributed by atoms with Gasteiger partial charge in [-0.05, 0) is 23.1 Å². The highest BCUT2D eigenvalue weighted by atomic mass is 16.7. The van der Waals surface area contributed by atoms with Crippen LogP contribution in [0, 0.1) is 0 Å². The molecule has 8 heteroatoms. The Kier molecular flexibility index (Phi) is 15.5. The molecule has 0 amide bonds. The molecule has 0 aromatic heterocycles. The molecule has 5 atom stereocenters. The zero-order chi connectivity index (χ0) is 31.5. The fourth-order valence-electron chi connectivity index (χ4n) is 5.36. The molecule has 4 rings (SSSR count). The van der Waals surface area contributed by atoms with Gasteiger partial charge >= 0.3 is 5.97 Å². The zero-order valence-electron chi connectivity index (χ0n) is 26.3. The average molecular weight is 621 g/mol. The normalized spacial score (nSPS) is 21.5. The fraction of sp³-hybridized carbons (Fsp3) is 0.486. The van der Waals surface area contributed by atoms with Gasteiger partial charge in [-0.3, -0.25) is 0 Å². The van der Waals surface area contributed by atoms with Crippen molar-refractivity contribution in [2.75, 3.05) is 19.8 Å². The van der Waals surface area contributed by atoms with Crippen molar-refractivity contribution in [1.29, 1.82) is 0 Å². The Morgan fingerprint density at radius 1 is 0.644 bits per heavy atom. The van der Waals surface area contributed by atoms with Crippen LogP contribution in [0.25, 0.3) is 0 Å². The van der Waals surface area contributed by atoms with E-state index < -0.39 is 43.3 Å². The number of hydrogen-bond acceptors (Lipinski definition) is 7. The lowest BCUT2D eigenvalue weighted by molar-refractivity contribution is -0.326. The van der Waals surface area contributed by atoms with E-state index >= 15 is 0 Å². The lowest BCUT2D eigenvalue weighted by Gasteiger charge is -2.45. The third-order valence-corrected chi connectivity index (χ3v) is 7.73. The first-order chi connectivity index (χ1) is 22.1. The molecule has 45 heavy (non-hydrogen) atoms. The smallest absolute Gasteiger partial charge is 0.329 e. The number of aliphatic carboxylic acids is 1. The largest absolute Gasteiger partial charge is 0.480 e. The molecule has 0 aliphatic carbocycles. The van der Waals surface area contributed by atoms with Gasteiger partial charge in [0.2, 0.25) is 0 Å². The van der Waals surface area contributed by atoms with E-state index in [1.165, 1.54) is 25.7 Å². The van der Waals surface area contributed by atoms with E-state index in [9.17, 15) is 9.90 Å². The van der Waals surface area contributed by atoms with Crippen molar-refractivity contribution in [1.82, 2.24) is 0 Å². The fourth-order valence-corrected chi connectivity index (χ4v) is 5.36. The Hall–Kier alpha value is -3.11. The van der Waals surface area contributed by atoms with Crippen molar-refractivity contribution in [3.63, 3.8) is 0 Å². The number of hydrogen-bond donors (Lipinski definition) is 1. The van der Waals surface area contributed by atoms with Crippen molar-refractivity contribution in [3.05, 3.63) is 108 Å². The van der Waals surface area contributed by atoms with Crippen molar-refractivity contribution >= 4 is 5.97 Å². The summed E-state index contributed by atoms with van der Waals surface area (Å²) in [6, 6.07) is 29.6. The molecule has 0 spiro atoms. The number of carbonyl (C=O) groups is 1. The summed E-state index contributed by atoms with van der Waals surface area (Å²) >= 11 is 0. The third kappa shape index (κ3) is 12.3. The summed E-state index contributed by atoms with van der Waals surface area (Å²) in [5.74, 6) is -1.08. The minimum Gasteiger partial charge on any atom is -0.480 e. The first-order valence-corrected chi connectivity index (χ1v) is 16.2. The summed E-state index contributed by atoms with van der Waals surface area (Å²) in [4.78, 5) is 11.7. The van der Waals surface area contributed by atoms with Crippen molar-refractivity contribution in [2.24, 2.45) is 0 Å². The summed E-state index contributed by atoms with van der Waals surface area (Å²) in [6.45, 7) is 3.33. The maximum atomic E-state index is 11.7. The molecular formula is C37H48O8. The molecule has 1 N–H and O–H groups in total. The minimum absolute atomic E-state index is 0.159. The van der Waals surface area contributed by atoms with Gasteiger partial charge in [-0.1, -0.05) is 130 Å². The van der Waals surface area contributed by atoms with Gasteiger partial charge in [0.25, 0.3) is 0 Å². The first kappa shape index (κ1) is 34.8. The SMILES string of the molecule is CCCCCCCCO[C@@H]1O[C@H](COCc2ccccc2)[C@@H](OCC(=O)O)[C@H](OCc2ccccc2)[C@H]1OCc1ccccc1. The maximum absolute atomic E-state index is 11.7. The summed E-state index contributed by atoms with van der Waals surface area (Å²) in [6.07, 6.45) is 3.23. The molecule has 1 aliphatic rings. The molecule has 3 aromatic rings. The highest BCUT2D eigenvalue weighted by molar-refractivity contribution is 5.68. The topological polar surface area (TPSA) is 92.7 Å². The lowest BCUT2D eigenvalue weighted by atomic mass is 9.98. The van der Waals surface area contributed by atoms with E-state index in [2.05, 4.69) is 6.92 Å². The van der Waals surface area contributed by atoms with Crippen LogP contribution in [0.15, 0.2) is 91.0 Å². The third-order valence-electron chi connectivity index (χ3n) is 7.73. The van der Waals surface area contributed by atoms with Crippen molar-refractivity contribution in [2.45, 2.75) is 96.0 Å². The maximum Gasteiger partial charge on any atom is 0.329 e. The molecule has 0 saturated carbocycles. The van der Waals surface area contributed by atoms with E-state index in [1.807, 2.05) is 91.0 Å². The zero-order valence-corrected chi connectivity index (χ0v) is 26.3. The van der Waals surface area contributed by atoms with Gasteiger partial charge in [0.1, 0.15) is 31.0 Å². The summed E-state index contributed by atoms with van der Waals surface area (Å²) in [7, 11) is 0. The Morgan fingerprint density at radius 2 is 1.18 bits per heavy atom. The van der Waals surface area contributed by atoms with E-state index in [-0.39, 0.29) is 13.2 Å². The Balaban J connectivity index is 1.55. The van der Waals surface area contributed by atoms with E-state index in [4.69, 9.17) is 28.4 Å². The van der Waals surface area contributed by atoms with Crippen LogP contribution >= 0.6 is 0 Å². The van der Waals surface area contributed by atoms with Crippen LogP contribution in [0.3, 0.4) is 0 Å². The van der Waals surface area contributed by atoms with Crippen LogP contribution < -0.4 is 0 Å². The number of carboxylic acid groups (broad SMARTS) is 1. The molecule has 0 radical (unpaired) electrons. The molecule has 1 heterocycles. The molecule has 1 aliphatic heterocycles. The molecule has 3 aromatic carbocycles. The predicted molar refractivity (Wildman–Crippen MR) is 172 cm³/mol. The summed E-state index contributed by atoms with van der Waals surface area (Å²) < 4.78 is 38.1. The highest BCUT2D eigenvalue weighted by Crippen LogP contribution is 2.31. The van der Waals surface area contributed by atoms with Gasteiger partial charge in [-0.25, -0.2) is 4.79 Å². The molecule has 0 unspecified atom stereocenters. The number of carboxylic acids is 1. The molecule has 8 nitrogen and oxygen atoms in total. The number of rotatable bonds is 21. The van der Waals surface area contributed by atoms with E-state index in [0.29, 0.717) is 19.8 Å². The molecule has 0 bridgehead atoms. The molecule has 244 valence electrons. The summed E-state index contributed by atoms with van der Waals surface area (Å²) in [5, 5.41) is 9.55. The predicted octanol–water partition coefficient (Wildman–Crippen LogP) is 6.95. The number of unbranched alkanes of at least 4 members (excludes halogenated alkanes) is 5. The minimum atomic E-state index is -1.08. The number of ether oxygens (including phenoxy) is 6. The van der Waals surface area contributed by atoms with Gasteiger partial charge < -0.3 is 33.5 Å². The van der Waals surface area contributed by atoms with Crippen LogP contribution in [0.1, 0.15) is 62.1 Å². The van der Waals surface area contributed by atoms with Crippen molar-refractivity contribution in [3.8, 4) is 0 Å². The van der Waals surface area contributed by atoms with Crippen LogP contribution in [0.5, 0.6) is 0 Å². The van der Waals surface area contributed by atoms with Crippen LogP contribution in [-0.2, 0) is 53.0 Å². The quantitative estimate of drug-likeness (QED) is 0.128. The Morgan fingerprint density at radius 3 is 1.76 bits per heavy atom. The second kappa shape index (κ2) is 20.1. The van der Waals surface area contributed by atoms with E-state index in [1.54, 1.807) is 0 Å². The van der Waals surface area contributed by atoms with Gasteiger partial charge in [0, 0.05) is 6.61 Å². The van der Waals surface area contributed by atoms with Crippen LogP contribution in [0.4, 0.5) is 0 Å². The van der Waals surface area contributed by atoms with Gasteiger partial charge in [0.05, 0.1) is 26.4 Å². The Labute approximate surface area is 267 Å². The van der Waals surface area contributed by atoms with Crippen LogP contribution in [-0.4, -0.2) is 61.6 Å². The highest BCUT2D eigenvalue weighted by Gasteiger charge is 2.49. The first-order valence-electron chi connectivity index (χ1n) is 16.2. The van der Waals surface area contributed by atoms with Gasteiger partial charge in [-0.2, -0.15) is 0 Å². The number of benzene rings is 3. The second-order valence-corrected chi connectivity index (χ2v) is 11.4. The monoisotopic (exact) mass is 620 g/mol. The molecule has 1 saturated heterocycles. The Bertz CT molecular complexity index is 1190. The summed E-state index contributed by atoms with van der Waals surface area (Å²) in [5.41, 5.74) is 2.99. The standard InChI is InChI=1S/C37H48O8/c1-2-3-4-5-6-16-23-41-37-36(43-26-31-21-14-9-15-22-31)35(42-25-30-19-12-8-13-20-30)34(44-28-33(38)39)32(45-37)27-40-24-29-17-10-7-11-18-29/h7-15,17-22,32,34-37H,2-6,16,23-28H2,1H3,(H,38,39)/t32-,34-,35+,36-,37-/m1/s1. The van der Waals surface area contributed by atoms with Gasteiger partial charge in [-0.15, -0.1) is 0 Å². The molecular weight excluding hydrogens is 572 g/mol. The average Bonchev–Trinajstić information content (AvgIpc) is 3.07. The van der Waals surface area contributed by atoms with E-state index in [0.717, 1.165) is 29.5 Å². The van der Waals surface area contributed by atoms with Crippen molar-refractivity contribution < 1.29 is 38.3 Å². The second-order valence-electron chi connectivity index (χ2n) is 11.4.